The van der Waals surface area contributed by atoms with Crippen LogP contribution in [0.4, 0.5) is 0 Å². The Morgan fingerprint density at radius 1 is 1.41 bits per heavy atom. The molecule has 1 unspecified atom stereocenters. The first-order chi connectivity index (χ1) is 10.8. The van der Waals surface area contributed by atoms with Gasteiger partial charge in [-0.2, -0.15) is 0 Å². The van der Waals surface area contributed by atoms with Crippen LogP contribution in [-0.4, -0.2) is 38.4 Å². The number of hydrogen-bond acceptors (Lipinski definition) is 4. The van der Waals surface area contributed by atoms with Gasteiger partial charge in [0.25, 0.3) is 0 Å². The Balaban J connectivity index is 1.55. The lowest BCUT2D eigenvalue weighted by atomic mass is 9.98. The van der Waals surface area contributed by atoms with Gasteiger partial charge in [0, 0.05) is 62.4 Å². The molecule has 6 heteroatoms. The number of carbonyl (C=O) groups excluding carboxylic acids is 1. The topological polar surface area (TPSA) is 51.0 Å². The number of hydrogen-bond donors (Lipinski definition) is 0. The monoisotopic (exact) mass is 318 g/mol. The quantitative estimate of drug-likeness (QED) is 0.851. The Kier molecular flexibility index (Phi) is 4.87. The van der Waals surface area contributed by atoms with Gasteiger partial charge in [-0.15, -0.1) is 11.3 Å². The summed E-state index contributed by atoms with van der Waals surface area (Å²) in [5, 5.41) is 3.18. The second kappa shape index (κ2) is 7.05. The molecule has 0 aliphatic carbocycles. The first-order valence-electron chi connectivity index (χ1n) is 7.95. The maximum absolute atomic E-state index is 12.5. The minimum absolute atomic E-state index is 0.247. The van der Waals surface area contributed by atoms with E-state index < -0.39 is 0 Å². The van der Waals surface area contributed by atoms with Gasteiger partial charge in [-0.1, -0.05) is 6.92 Å². The summed E-state index contributed by atoms with van der Waals surface area (Å²) in [6, 6.07) is 0. The summed E-state index contributed by atoms with van der Waals surface area (Å²) in [5.74, 6) is 1.71. The molecule has 0 N–H and O–H groups in total. The second-order valence-corrected chi connectivity index (χ2v) is 6.62. The second-order valence-electron chi connectivity index (χ2n) is 5.69. The number of imidazole rings is 1. The van der Waals surface area contributed by atoms with Crippen LogP contribution < -0.4 is 0 Å². The van der Waals surface area contributed by atoms with Gasteiger partial charge in [0.05, 0.1) is 5.01 Å². The van der Waals surface area contributed by atoms with Crippen molar-refractivity contribution in [1.29, 1.82) is 0 Å². The number of rotatable bonds is 5. The highest BCUT2D eigenvalue weighted by Crippen LogP contribution is 2.28. The van der Waals surface area contributed by atoms with E-state index in [1.165, 1.54) is 5.01 Å². The molecule has 2 aromatic heterocycles. The van der Waals surface area contributed by atoms with Crippen molar-refractivity contribution >= 4 is 17.2 Å². The van der Waals surface area contributed by atoms with Crippen molar-refractivity contribution in [3.8, 4) is 0 Å². The average Bonchev–Trinajstić information content (AvgIpc) is 3.23. The lowest BCUT2D eigenvalue weighted by Crippen LogP contribution is -2.39. The van der Waals surface area contributed by atoms with Crippen LogP contribution in [0.25, 0.3) is 0 Å². The molecule has 0 radical (unpaired) electrons. The highest BCUT2D eigenvalue weighted by Gasteiger charge is 2.25. The maximum atomic E-state index is 12.5. The first-order valence-corrected chi connectivity index (χ1v) is 8.83. The lowest BCUT2D eigenvalue weighted by Gasteiger charge is -2.32. The van der Waals surface area contributed by atoms with E-state index in [2.05, 4.69) is 21.5 Å². The van der Waals surface area contributed by atoms with Crippen LogP contribution in [-0.2, 0) is 17.8 Å². The van der Waals surface area contributed by atoms with Gasteiger partial charge in [0.1, 0.15) is 5.82 Å². The third kappa shape index (κ3) is 3.38. The highest BCUT2D eigenvalue weighted by molar-refractivity contribution is 7.09. The van der Waals surface area contributed by atoms with Crippen molar-refractivity contribution in [3.05, 3.63) is 34.8 Å². The standard InChI is InChI=1S/C16H22N4OS/c1-2-14-17-6-10-19(14)9-5-15(21)20-8-3-4-13(12-20)16-18-7-11-22-16/h6-7,10-11,13H,2-5,8-9,12H2,1H3. The van der Waals surface area contributed by atoms with Crippen molar-refractivity contribution in [2.75, 3.05) is 13.1 Å². The number of aromatic nitrogens is 3. The fourth-order valence-electron chi connectivity index (χ4n) is 3.07. The molecule has 2 aromatic rings. The number of thiazole rings is 1. The Morgan fingerprint density at radius 3 is 3.09 bits per heavy atom. The van der Waals surface area contributed by atoms with Crippen molar-refractivity contribution in [2.45, 2.75) is 45.1 Å². The van der Waals surface area contributed by atoms with E-state index in [1.807, 2.05) is 28.9 Å². The molecule has 0 aromatic carbocycles. The summed E-state index contributed by atoms with van der Waals surface area (Å²) in [7, 11) is 0. The SMILES string of the molecule is CCc1nccn1CCC(=O)N1CCCC(c2nccs2)C1. The van der Waals surface area contributed by atoms with E-state index in [4.69, 9.17) is 0 Å². The normalized spacial score (nSPS) is 18.6. The molecular formula is C16H22N4OS. The Morgan fingerprint density at radius 2 is 2.32 bits per heavy atom. The summed E-state index contributed by atoms with van der Waals surface area (Å²) < 4.78 is 2.08. The molecule has 118 valence electrons. The van der Waals surface area contributed by atoms with Crippen LogP contribution >= 0.6 is 11.3 Å². The van der Waals surface area contributed by atoms with Crippen molar-refractivity contribution < 1.29 is 4.79 Å². The zero-order chi connectivity index (χ0) is 15.4. The molecular weight excluding hydrogens is 296 g/mol. The fourth-order valence-corrected chi connectivity index (χ4v) is 3.84. The molecule has 1 fully saturated rings. The number of piperidine rings is 1. The van der Waals surface area contributed by atoms with Gasteiger partial charge < -0.3 is 9.47 Å². The smallest absolute Gasteiger partial charge is 0.224 e. The molecule has 0 spiro atoms. The third-order valence-corrected chi connectivity index (χ3v) is 5.20. The first kappa shape index (κ1) is 15.2. The highest BCUT2D eigenvalue weighted by atomic mass is 32.1. The number of nitrogens with zero attached hydrogens (tertiary/aromatic N) is 4. The summed E-state index contributed by atoms with van der Waals surface area (Å²) >= 11 is 1.70. The van der Waals surface area contributed by atoms with Gasteiger partial charge in [0.2, 0.25) is 5.91 Å². The van der Waals surface area contributed by atoms with Crippen LogP contribution in [0, 0.1) is 0 Å². The van der Waals surface area contributed by atoms with Crippen LogP contribution in [0.1, 0.15) is 42.9 Å². The van der Waals surface area contributed by atoms with Gasteiger partial charge in [-0.3, -0.25) is 4.79 Å². The summed E-state index contributed by atoms with van der Waals surface area (Å²) in [4.78, 5) is 23.2. The predicted molar refractivity (Wildman–Crippen MR) is 86.9 cm³/mol. The molecule has 1 aliphatic heterocycles. The molecule has 3 heterocycles. The summed E-state index contributed by atoms with van der Waals surface area (Å²) in [6.07, 6.45) is 9.28. The number of amides is 1. The van der Waals surface area contributed by atoms with E-state index in [1.54, 1.807) is 11.3 Å². The van der Waals surface area contributed by atoms with Crippen molar-refractivity contribution in [3.63, 3.8) is 0 Å². The van der Waals surface area contributed by atoms with Gasteiger partial charge >= 0.3 is 0 Å². The van der Waals surface area contributed by atoms with Crippen LogP contribution in [0.15, 0.2) is 24.0 Å². The maximum Gasteiger partial charge on any atom is 0.224 e. The van der Waals surface area contributed by atoms with E-state index in [-0.39, 0.29) is 5.91 Å². The molecule has 1 amide bonds. The van der Waals surface area contributed by atoms with Crippen LogP contribution in [0.5, 0.6) is 0 Å². The van der Waals surface area contributed by atoms with Crippen molar-refractivity contribution in [2.24, 2.45) is 0 Å². The zero-order valence-corrected chi connectivity index (χ0v) is 13.8. The number of aryl methyl sites for hydroxylation is 2. The zero-order valence-electron chi connectivity index (χ0n) is 12.9. The van der Waals surface area contributed by atoms with E-state index >= 15 is 0 Å². The molecule has 22 heavy (non-hydrogen) atoms. The molecule has 1 saturated heterocycles. The largest absolute Gasteiger partial charge is 0.342 e. The Hall–Kier alpha value is -1.69. The molecule has 0 bridgehead atoms. The predicted octanol–water partition coefficient (Wildman–Crippen LogP) is 2.70. The van der Waals surface area contributed by atoms with Crippen molar-refractivity contribution in [1.82, 2.24) is 19.4 Å². The van der Waals surface area contributed by atoms with Crippen LogP contribution in [0.2, 0.25) is 0 Å². The van der Waals surface area contributed by atoms with E-state index in [9.17, 15) is 4.79 Å². The summed E-state index contributed by atoms with van der Waals surface area (Å²) in [6.45, 7) is 4.51. The molecule has 5 nitrogen and oxygen atoms in total. The minimum atomic E-state index is 0.247. The Labute approximate surface area is 135 Å². The van der Waals surface area contributed by atoms with Gasteiger partial charge in [-0.05, 0) is 12.8 Å². The molecule has 0 saturated carbocycles. The minimum Gasteiger partial charge on any atom is -0.342 e. The third-order valence-electron chi connectivity index (χ3n) is 4.26. The molecule has 1 aliphatic rings. The van der Waals surface area contributed by atoms with Crippen LogP contribution in [0.3, 0.4) is 0 Å². The van der Waals surface area contributed by atoms with Gasteiger partial charge in [0.15, 0.2) is 0 Å². The van der Waals surface area contributed by atoms with Gasteiger partial charge in [-0.25, -0.2) is 9.97 Å². The molecule has 1 atom stereocenters. The van der Waals surface area contributed by atoms with E-state index in [0.29, 0.717) is 12.3 Å². The summed E-state index contributed by atoms with van der Waals surface area (Å²) in [5.41, 5.74) is 0. The fraction of sp³-hybridized carbons (Fsp3) is 0.562. The Bertz CT molecular complexity index is 607. The number of likely N-dealkylation sites (tertiary alicyclic amines) is 1. The number of carbonyl (C=O) groups is 1. The van der Waals surface area contributed by atoms with E-state index in [0.717, 1.165) is 44.7 Å². The lowest BCUT2D eigenvalue weighted by molar-refractivity contribution is -0.132. The molecule has 3 rings (SSSR count). The average molecular weight is 318 g/mol.